The summed E-state index contributed by atoms with van der Waals surface area (Å²) in [5, 5.41) is 8.30. The Morgan fingerprint density at radius 3 is 2.80 bits per heavy atom. The fraction of sp³-hybridized carbons (Fsp3) is 0.444. The molecule has 0 bridgehead atoms. The van der Waals surface area contributed by atoms with Gasteiger partial charge in [0.25, 0.3) is 0 Å². The number of halogens is 1. The van der Waals surface area contributed by atoms with Crippen LogP contribution in [0, 0.1) is 5.92 Å². The van der Waals surface area contributed by atoms with E-state index in [1.807, 2.05) is 18.2 Å². The quantitative estimate of drug-likeness (QED) is 0.884. The lowest BCUT2D eigenvalue weighted by Gasteiger charge is -2.21. The number of hydrogen-bond acceptors (Lipinski definition) is 3. The minimum absolute atomic E-state index is 0.0448. The second-order valence-corrected chi connectivity index (χ2v) is 8.61. The zero-order valence-electron chi connectivity index (χ0n) is 13.8. The number of carbonyl (C=O) groups is 1. The van der Waals surface area contributed by atoms with Crippen LogP contribution in [0.5, 0.6) is 0 Å². The summed E-state index contributed by atoms with van der Waals surface area (Å²) in [5.41, 5.74) is 2.49. The van der Waals surface area contributed by atoms with Crippen molar-refractivity contribution in [3.05, 3.63) is 40.5 Å². The van der Waals surface area contributed by atoms with Gasteiger partial charge in [-0.3, -0.25) is 9.00 Å². The molecule has 4 rings (SSSR count). The average Bonchev–Trinajstić information content (AvgIpc) is 3.13. The van der Waals surface area contributed by atoms with Crippen molar-refractivity contribution in [1.82, 2.24) is 9.78 Å². The number of amides is 1. The predicted molar refractivity (Wildman–Crippen MR) is 99.3 cm³/mol. The molecule has 2 heterocycles. The number of carbonyl (C=O) groups excluding carboxylic acids is 1. The lowest BCUT2D eigenvalue weighted by atomic mass is 9.88. The number of rotatable bonds is 3. The lowest BCUT2D eigenvalue weighted by Crippen LogP contribution is -2.26. The third-order valence-corrected chi connectivity index (χ3v) is 6.38. The third kappa shape index (κ3) is 3.37. The van der Waals surface area contributed by atoms with Gasteiger partial charge < -0.3 is 5.32 Å². The van der Waals surface area contributed by atoms with Crippen molar-refractivity contribution in [2.45, 2.75) is 43.6 Å². The van der Waals surface area contributed by atoms with Crippen molar-refractivity contribution >= 4 is 34.1 Å². The molecule has 1 N–H and O–H groups in total. The molecule has 2 aromatic rings. The van der Waals surface area contributed by atoms with Crippen molar-refractivity contribution in [1.29, 1.82) is 0 Å². The first-order chi connectivity index (χ1) is 12.1. The highest BCUT2D eigenvalue weighted by molar-refractivity contribution is 7.83. The van der Waals surface area contributed by atoms with E-state index in [1.54, 1.807) is 10.7 Å². The molecular formula is C18H20ClN3O2S. The average molecular weight is 378 g/mol. The second-order valence-electron chi connectivity index (χ2n) is 6.72. The molecule has 1 aromatic heterocycles. The standard InChI is InChI=1S/C18H20ClN3O2S/c19-13-7-4-8-14(9-13)22-17(15-10-25(24)11-16(15)21-22)20-18(23)12-5-2-1-3-6-12/h4,7-9,12H,1-3,5-6,10-11H2,(H,20,23). The third-order valence-electron chi connectivity index (χ3n) is 4.94. The SMILES string of the molecule is O=C(Nc1c2c(nn1-c1cccc(Cl)c1)CS(=O)C2)C1CCCCC1. The summed E-state index contributed by atoms with van der Waals surface area (Å²) < 4.78 is 13.7. The molecule has 1 amide bonds. The Kier molecular flexibility index (Phi) is 4.65. The maximum Gasteiger partial charge on any atom is 0.228 e. The zero-order valence-corrected chi connectivity index (χ0v) is 15.4. The highest BCUT2D eigenvalue weighted by Crippen LogP contribution is 2.33. The topological polar surface area (TPSA) is 64.0 Å². The van der Waals surface area contributed by atoms with Gasteiger partial charge in [-0.15, -0.1) is 0 Å². The molecule has 1 fully saturated rings. The Morgan fingerprint density at radius 1 is 1.24 bits per heavy atom. The molecule has 7 heteroatoms. The summed E-state index contributed by atoms with van der Waals surface area (Å²) in [6, 6.07) is 7.38. The van der Waals surface area contributed by atoms with E-state index in [1.165, 1.54) is 6.42 Å². The molecule has 1 aromatic carbocycles. The molecule has 1 atom stereocenters. The minimum atomic E-state index is -0.940. The summed E-state index contributed by atoms with van der Waals surface area (Å²) in [6.45, 7) is 0. The smallest absolute Gasteiger partial charge is 0.228 e. The van der Waals surface area contributed by atoms with Gasteiger partial charge in [0.2, 0.25) is 5.91 Å². The van der Waals surface area contributed by atoms with Gasteiger partial charge >= 0.3 is 0 Å². The lowest BCUT2D eigenvalue weighted by molar-refractivity contribution is -0.120. The molecule has 5 nitrogen and oxygen atoms in total. The molecule has 1 aliphatic carbocycles. The van der Waals surface area contributed by atoms with Gasteiger partial charge in [-0.25, -0.2) is 4.68 Å². The molecule has 2 aliphatic rings. The zero-order chi connectivity index (χ0) is 17.4. The van der Waals surface area contributed by atoms with Gasteiger partial charge in [0.15, 0.2) is 0 Å². The molecule has 25 heavy (non-hydrogen) atoms. The highest BCUT2D eigenvalue weighted by atomic mass is 35.5. The molecular weight excluding hydrogens is 358 g/mol. The van der Waals surface area contributed by atoms with E-state index < -0.39 is 10.8 Å². The van der Waals surface area contributed by atoms with Gasteiger partial charge in [0, 0.05) is 27.3 Å². The van der Waals surface area contributed by atoms with Crippen LogP contribution in [-0.2, 0) is 27.1 Å². The van der Waals surface area contributed by atoms with Crippen LogP contribution in [-0.4, -0.2) is 19.9 Å². The van der Waals surface area contributed by atoms with Crippen LogP contribution in [0.3, 0.4) is 0 Å². The molecule has 0 saturated heterocycles. The summed E-state index contributed by atoms with van der Waals surface area (Å²) >= 11 is 6.12. The largest absolute Gasteiger partial charge is 0.310 e. The van der Waals surface area contributed by atoms with Crippen LogP contribution in [0.25, 0.3) is 5.69 Å². The summed E-state index contributed by atoms with van der Waals surface area (Å²) in [5.74, 6) is 1.63. The summed E-state index contributed by atoms with van der Waals surface area (Å²) in [4.78, 5) is 12.7. The summed E-state index contributed by atoms with van der Waals surface area (Å²) in [7, 11) is -0.940. The number of benzene rings is 1. The molecule has 0 radical (unpaired) electrons. The maximum atomic E-state index is 12.7. The number of hydrogen-bond donors (Lipinski definition) is 1. The monoisotopic (exact) mass is 377 g/mol. The van der Waals surface area contributed by atoms with Crippen molar-refractivity contribution < 1.29 is 9.00 Å². The van der Waals surface area contributed by atoms with Crippen molar-refractivity contribution in [3.63, 3.8) is 0 Å². The van der Waals surface area contributed by atoms with Gasteiger partial charge in [-0.2, -0.15) is 5.10 Å². The molecule has 1 saturated carbocycles. The molecule has 0 spiro atoms. The van der Waals surface area contributed by atoms with Crippen LogP contribution in [0.2, 0.25) is 5.02 Å². The minimum Gasteiger partial charge on any atom is -0.310 e. The Hall–Kier alpha value is -1.66. The van der Waals surface area contributed by atoms with E-state index in [9.17, 15) is 9.00 Å². The van der Waals surface area contributed by atoms with E-state index in [2.05, 4.69) is 10.4 Å². The van der Waals surface area contributed by atoms with Gasteiger partial charge in [0.05, 0.1) is 22.9 Å². The van der Waals surface area contributed by atoms with E-state index in [0.717, 1.165) is 42.6 Å². The maximum absolute atomic E-state index is 12.7. The first-order valence-corrected chi connectivity index (χ1v) is 10.5. The Morgan fingerprint density at radius 2 is 2.04 bits per heavy atom. The normalized spacial score (nSPS) is 20.4. The van der Waals surface area contributed by atoms with E-state index in [-0.39, 0.29) is 11.8 Å². The van der Waals surface area contributed by atoms with Gasteiger partial charge in [-0.05, 0) is 31.0 Å². The molecule has 1 unspecified atom stereocenters. The highest BCUT2D eigenvalue weighted by Gasteiger charge is 2.30. The van der Waals surface area contributed by atoms with E-state index >= 15 is 0 Å². The van der Waals surface area contributed by atoms with Crippen molar-refractivity contribution in [2.75, 3.05) is 5.32 Å². The van der Waals surface area contributed by atoms with Gasteiger partial charge in [-0.1, -0.05) is 36.9 Å². The van der Waals surface area contributed by atoms with E-state index in [4.69, 9.17) is 11.6 Å². The second kappa shape index (κ2) is 6.92. The number of anilines is 1. The van der Waals surface area contributed by atoms with Crippen molar-refractivity contribution in [2.24, 2.45) is 5.92 Å². The Balaban J connectivity index is 1.69. The number of nitrogens with zero attached hydrogens (tertiary/aromatic N) is 2. The predicted octanol–water partition coefficient (Wildman–Crippen LogP) is 3.81. The number of aromatic nitrogens is 2. The van der Waals surface area contributed by atoms with Crippen LogP contribution < -0.4 is 5.32 Å². The van der Waals surface area contributed by atoms with Crippen LogP contribution >= 0.6 is 11.6 Å². The number of nitrogens with one attached hydrogen (secondary N) is 1. The molecule has 132 valence electrons. The Bertz CT molecular complexity index is 843. The molecule has 1 aliphatic heterocycles. The van der Waals surface area contributed by atoms with Crippen LogP contribution in [0.4, 0.5) is 5.82 Å². The van der Waals surface area contributed by atoms with Gasteiger partial charge in [0.1, 0.15) is 5.82 Å². The number of fused-ring (bicyclic) bond motifs is 1. The first kappa shape index (κ1) is 16.8. The fourth-order valence-electron chi connectivity index (χ4n) is 3.63. The van der Waals surface area contributed by atoms with Crippen LogP contribution in [0.1, 0.15) is 43.4 Å². The van der Waals surface area contributed by atoms with E-state index in [0.29, 0.717) is 22.3 Å². The fourth-order valence-corrected chi connectivity index (χ4v) is 5.08. The summed E-state index contributed by atoms with van der Waals surface area (Å²) in [6.07, 6.45) is 5.29. The van der Waals surface area contributed by atoms with Crippen molar-refractivity contribution in [3.8, 4) is 5.69 Å². The Labute approximate surface area is 154 Å². The van der Waals surface area contributed by atoms with Crippen LogP contribution in [0.15, 0.2) is 24.3 Å². The first-order valence-electron chi connectivity index (χ1n) is 8.64.